The van der Waals surface area contributed by atoms with Gasteiger partial charge in [-0.3, -0.25) is 9.10 Å². The number of benzene rings is 2. The maximum absolute atomic E-state index is 12.7. The quantitative estimate of drug-likeness (QED) is 0.635. The van der Waals surface area contributed by atoms with E-state index < -0.39 is 16.1 Å². The summed E-state index contributed by atoms with van der Waals surface area (Å²) in [6.45, 7) is 5.86. The Morgan fingerprint density at radius 1 is 1.14 bits per heavy atom. The van der Waals surface area contributed by atoms with Gasteiger partial charge in [-0.25, -0.2) is 8.42 Å². The van der Waals surface area contributed by atoms with Crippen LogP contribution in [0.3, 0.4) is 0 Å². The molecular weight excluding hydrogens is 388 g/mol. The molecule has 0 fully saturated rings. The largest absolute Gasteiger partial charge is 0.496 e. The lowest BCUT2D eigenvalue weighted by Crippen LogP contribution is -2.48. The van der Waals surface area contributed by atoms with Gasteiger partial charge in [0.15, 0.2) is 0 Å². The van der Waals surface area contributed by atoms with Gasteiger partial charge in [0, 0.05) is 6.54 Å². The van der Waals surface area contributed by atoms with Gasteiger partial charge >= 0.3 is 0 Å². The molecule has 0 bridgehead atoms. The van der Waals surface area contributed by atoms with Crippen LogP contribution in [0.25, 0.3) is 0 Å². The first-order valence-corrected chi connectivity index (χ1v) is 11.5. The lowest BCUT2D eigenvalue weighted by atomic mass is 10.1. The van der Waals surface area contributed by atoms with Crippen LogP contribution in [0.5, 0.6) is 5.75 Å². The molecule has 0 heterocycles. The third-order valence-electron chi connectivity index (χ3n) is 4.66. The third-order valence-corrected chi connectivity index (χ3v) is 5.91. The highest BCUT2D eigenvalue weighted by molar-refractivity contribution is 7.92. The SMILES string of the molecule is COc1ccccc1CCCNC(=O)C(C)N(c1cc(C)cc(C)c1)S(C)(=O)=O. The molecule has 2 rings (SSSR count). The van der Waals surface area contributed by atoms with Crippen molar-refractivity contribution >= 4 is 21.6 Å². The molecule has 1 N–H and O–H groups in total. The van der Waals surface area contributed by atoms with Crippen molar-refractivity contribution < 1.29 is 17.9 Å². The zero-order valence-electron chi connectivity index (χ0n) is 17.7. The van der Waals surface area contributed by atoms with Gasteiger partial charge in [-0.15, -0.1) is 0 Å². The van der Waals surface area contributed by atoms with Gasteiger partial charge in [0.1, 0.15) is 11.8 Å². The Labute approximate surface area is 173 Å². The average Bonchev–Trinajstić information content (AvgIpc) is 2.63. The summed E-state index contributed by atoms with van der Waals surface area (Å²) in [5.41, 5.74) is 3.46. The monoisotopic (exact) mass is 418 g/mol. The molecule has 158 valence electrons. The first-order chi connectivity index (χ1) is 13.6. The second-order valence-electron chi connectivity index (χ2n) is 7.29. The molecule has 1 amide bonds. The fourth-order valence-corrected chi connectivity index (χ4v) is 4.59. The Kier molecular flexibility index (Phi) is 7.67. The van der Waals surface area contributed by atoms with E-state index in [1.807, 2.05) is 44.2 Å². The molecule has 0 saturated heterocycles. The van der Waals surface area contributed by atoms with E-state index in [2.05, 4.69) is 5.32 Å². The third kappa shape index (κ3) is 6.22. The minimum absolute atomic E-state index is 0.324. The van der Waals surface area contributed by atoms with Crippen LogP contribution in [0.1, 0.15) is 30.0 Å². The van der Waals surface area contributed by atoms with Gasteiger partial charge in [0.25, 0.3) is 0 Å². The Morgan fingerprint density at radius 3 is 2.34 bits per heavy atom. The molecule has 6 nitrogen and oxygen atoms in total. The van der Waals surface area contributed by atoms with Crippen LogP contribution < -0.4 is 14.4 Å². The first-order valence-electron chi connectivity index (χ1n) is 9.60. The second-order valence-corrected chi connectivity index (χ2v) is 9.15. The predicted molar refractivity (Wildman–Crippen MR) is 117 cm³/mol. The van der Waals surface area contributed by atoms with Gasteiger partial charge < -0.3 is 10.1 Å². The molecule has 0 spiro atoms. The fourth-order valence-electron chi connectivity index (χ4n) is 3.43. The van der Waals surface area contributed by atoms with Gasteiger partial charge in [-0.2, -0.15) is 0 Å². The van der Waals surface area contributed by atoms with Crippen molar-refractivity contribution in [1.29, 1.82) is 0 Å². The minimum Gasteiger partial charge on any atom is -0.496 e. The zero-order valence-corrected chi connectivity index (χ0v) is 18.5. The molecule has 7 heteroatoms. The van der Waals surface area contributed by atoms with Crippen LogP contribution in [0.15, 0.2) is 42.5 Å². The number of nitrogens with zero attached hydrogens (tertiary/aromatic N) is 1. The van der Waals surface area contributed by atoms with Crippen molar-refractivity contribution in [3.05, 3.63) is 59.2 Å². The lowest BCUT2D eigenvalue weighted by molar-refractivity contribution is -0.121. The summed E-state index contributed by atoms with van der Waals surface area (Å²) in [5, 5.41) is 2.86. The summed E-state index contributed by atoms with van der Waals surface area (Å²) in [4.78, 5) is 12.7. The number of aryl methyl sites for hydroxylation is 3. The fraction of sp³-hybridized carbons (Fsp3) is 0.409. The Bertz CT molecular complexity index is 937. The molecule has 0 aliphatic heterocycles. The maximum Gasteiger partial charge on any atom is 0.243 e. The molecule has 0 radical (unpaired) electrons. The van der Waals surface area contributed by atoms with E-state index in [9.17, 15) is 13.2 Å². The summed E-state index contributed by atoms with van der Waals surface area (Å²) in [6.07, 6.45) is 2.60. The van der Waals surface area contributed by atoms with Crippen LogP contribution in [-0.4, -0.2) is 40.3 Å². The van der Waals surface area contributed by atoms with Crippen molar-refractivity contribution in [2.45, 2.75) is 39.7 Å². The number of methoxy groups -OCH3 is 1. The van der Waals surface area contributed by atoms with Gasteiger partial charge in [0.2, 0.25) is 15.9 Å². The van der Waals surface area contributed by atoms with E-state index in [1.165, 1.54) is 4.31 Å². The number of sulfonamides is 1. The highest BCUT2D eigenvalue weighted by Crippen LogP contribution is 2.24. The smallest absolute Gasteiger partial charge is 0.243 e. The molecule has 0 aromatic heterocycles. The molecular formula is C22H30N2O4S. The number of para-hydroxylation sites is 1. The van der Waals surface area contributed by atoms with E-state index in [0.717, 1.165) is 41.5 Å². The Balaban J connectivity index is 2.04. The van der Waals surface area contributed by atoms with E-state index in [1.54, 1.807) is 26.2 Å². The molecule has 0 saturated carbocycles. The minimum atomic E-state index is -3.62. The Morgan fingerprint density at radius 2 is 1.76 bits per heavy atom. The van der Waals surface area contributed by atoms with Crippen molar-refractivity contribution in [3.63, 3.8) is 0 Å². The summed E-state index contributed by atoms with van der Waals surface area (Å²) in [5.74, 6) is 0.500. The number of nitrogens with one attached hydrogen (secondary N) is 1. The van der Waals surface area contributed by atoms with Crippen LogP contribution >= 0.6 is 0 Å². The summed E-state index contributed by atoms with van der Waals surface area (Å²) in [6, 6.07) is 12.4. The number of carbonyl (C=O) groups excluding carboxylic acids is 1. The number of amides is 1. The van der Waals surface area contributed by atoms with Crippen LogP contribution in [-0.2, 0) is 21.2 Å². The molecule has 2 aromatic carbocycles. The summed E-state index contributed by atoms with van der Waals surface area (Å²) < 4.78 is 31.4. The topological polar surface area (TPSA) is 75.7 Å². The molecule has 0 aliphatic rings. The molecule has 1 atom stereocenters. The molecule has 0 aliphatic carbocycles. The Hall–Kier alpha value is -2.54. The van der Waals surface area contributed by atoms with Crippen LogP contribution in [0.4, 0.5) is 5.69 Å². The predicted octanol–water partition coefficient (Wildman–Crippen LogP) is 3.22. The van der Waals surface area contributed by atoms with Gasteiger partial charge in [-0.1, -0.05) is 24.3 Å². The molecule has 1 unspecified atom stereocenters. The maximum atomic E-state index is 12.7. The highest BCUT2D eigenvalue weighted by atomic mass is 32.2. The zero-order chi connectivity index (χ0) is 21.6. The number of hydrogen-bond acceptors (Lipinski definition) is 4. The number of carbonyl (C=O) groups is 1. The second kappa shape index (κ2) is 9.78. The average molecular weight is 419 g/mol. The van der Waals surface area contributed by atoms with Crippen molar-refractivity contribution in [1.82, 2.24) is 5.32 Å². The van der Waals surface area contributed by atoms with Crippen molar-refractivity contribution in [2.24, 2.45) is 0 Å². The van der Waals surface area contributed by atoms with Gasteiger partial charge in [-0.05, 0) is 68.5 Å². The van der Waals surface area contributed by atoms with Crippen molar-refractivity contribution in [3.8, 4) is 5.75 Å². The molecule has 29 heavy (non-hydrogen) atoms. The standard InChI is InChI=1S/C22H30N2O4S/c1-16-13-17(2)15-20(14-16)24(29(5,26)27)18(3)22(25)23-12-8-10-19-9-6-7-11-21(19)28-4/h6-7,9,11,13-15,18H,8,10,12H2,1-5H3,(H,23,25). The number of ether oxygens (including phenoxy) is 1. The van der Waals surface area contributed by atoms with Gasteiger partial charge in [0.05, 0.1) is 19.1 Å². The van der Waals surface area contributed by atoms with E-state index >= 15 is 0 Å². The van der Waals surface area contributed by atoms with Crippen LogP contribution in [0, 0.1) is 13.8 Å². The van der Waals surface area contributed by atoms with E-state index in [0.29, 0.717) is 12.2 Å². The first kappa shape index (κ1) is 22.7. The number of anilines is 1. The normalized spacial score (nSPS) is 12.3. The summed E-state index contributed by atoms with van der Waals surface area (Å²) >= 11 is 0. The number of hydrogen-bond donors (Lipinski definition) is 1. The molecule has 2 aromatic rings. The van der Waals surface area contributed by atoms with Crippen LogP contribution in [0.2, 0.25) is 0 Å². The van der Waals surface area contributed by atoms with E-state index in [4.69, 9.17) is 4.74 Å². The van der Waals surface area contributed by atoms with E-state index in [-0.39, 0.29) is 5.91 Å². The lowest BCUT2D eigenvalue weighted by Gasteiger charge is -2.28. The number of rotatable bonds is 9. The van der Waals surface area contributed by atoms with Crippen molar-refractivity contribution in [2.75, 3.05) is 24.2 Å². The highest BCUT2D eigenvalue weighted by Gasteiger charge is 2.29. The summed E-state index contributed by atoms with van der Waals surface area (Å²) in [7, 11) is -1.99.